The summed E-state index contributed by atoms with van der Waals surface area (Å²) in [5, 5.41) is 6.96. The van der Waals surface area contributed by atoms with Crippen molar-refractivity contribution in [2.75, 3.05) is 19.4 Å². The highest BCUT2D eigenvalue weighted by molar-refractivity contribution is 7.98. The number of ether oxygens (including phenoxy) is 2. The molecule has 1 amide bonds. The van der Waals surface area contributed by atoms with Crippen molar-refractivity contribution in [3.8, 4) is 11.5 Å². The molecule has 0 bridgehead atoms. The lowest BCUT2D eigenvalue weighted by Gasteiger charge is -2.12. The van der Waals surface area contributed by atoms with Gasteiger partial charge in [0.2, 0.25) is 0 Å². The molecule has 0 saturated heterocycles. The van der Waals surface area contributed by atoms with Gasteiger partial charge in [-0.1, -0.05) is 6.07 Å². The first-order valence-electron chi connectivity index (χ1n) is 8.32. The van der Waals surface area contributed by atoms with Gasteiger partial charge in [-0.3, -0.25) is 4.79 Å². The summed E-state index contributed by atoms with van der Waals surface area (Å²) < 4.78 is 11.1. The Morgan fingerprint density at radius 3 is 2.96 bits per heavy atom. The molecular formula is C19H20N2O3S3. The van der Waals surface area contributed by atoms with Crippen LogP contribution in [0, 0.1) is 0 Å². The van der Waals surface area contributed by atoms with Crippen molar-refractivity contribution in [1.29, 1.82) is 0 Å². The number of thioether (sulfide) groups is 1. The van der Waals surface area contributed by atoms with Crippen LogP contribution >= 0.6 is 34.4 Å². The van der Waals surface area contributed by atoms with Crippen LogP contribution in [0.15, 0.2) is 46.6 Å². The molecule has 0 saturated carbocycles. The van der Waals surface area contributed by atoms with E-state index in [1.54, 1.807) is 42.2 Å². The summed E-state index contributed by atoms with van der Waals surface area (Å²) >= 11 is 5.09. The van der Waals surface area contributed by atoms with Gasteiger partial charge >= 0.3 is 0 Å². The number of thiophene rings is 1. The molecule has 2 heterocycles. The average Bonchev–Trinajstić information content (AvgIpc) is 3.39. The summed E-state index contributed by atoms with van der Waals surface area (Å²) in [6, 6.07) is 9.38. The Morgan fingerprint density at radius 1 is 1.30 bits per heavy atom. The quantitative estimate of drug-likeness (QED) is 0.491. The Morgan fingerprint density at radius 2 is 2.22 bits per heavy atom. The molecule has 1 N–H and O–H groups in total. The average molecular weight is 421 g/mol. The molecule has 0 spiro atoms. The fraction of sp³-hybridized carbons (Fsp3) is 0.263. The van der Waals surface area contributed by atoms with Crippen LogP contribution in [0.3, 0.4) is 0 Å². The van der Waals surface area contributed by atoms with Crippen LogP contribution < -0.4 is 14.8 Å². The van der Waals surface area contributed by atoms with Crippen LogP contribution in [0.5, 0.6) is 11.5 Å². The molecule has 1 aromatic carbocycles. The first kappa shape index (κ1) is 19.7. The predicted molar refractivity (Wildman–Crippen MR) is 112 cm³/mol. The number of rotatable bonds is 10. The zero-order chi connectivity index (χ0) is 18.9. The number of benzene rings is 1. The van der Waals surface area contributed by atoms with Gasteiger partial charge < -0.3 is 14.8 Å². The second kappa shape index (κ2) is 10.3. The van der Waals surface area contributed by atoms with Crippen molar-refractivity contribution in [2.45, 2.75) is 12.4 Å². The van der Waals surface area contributed by atoms with Gasteiger partial charge in [-0.2, -0.15) is 11.8 Å². The predicted octanol–water partition coefficient (Wildman–Crippen LogP) is 4.46. The summed E-state index contributed by atoms with van der Waals surface area (Å²) in [6.07, 6.45) is 0. The minimum Gasteiger partial charge on any atom is -0.493 e. The van der Waals surface area contributed by atoms with E-state index in [0.717, 1.165) is 17.2 Å². The molecule has 0 atom stereocenters. The van der Waals surface area contributed by atoms with E-state index in [9.17, 15) is 4.79 Å². The zero-order valence-corrected chi connectivity index (χ0v) is 17.3. The number of methoxy groups -OCH3 is 1. The van der Waals surface area contributed by atoms with Gasteiger partial charge in [-0.15, -0.1) is 22.7 Å². The van der Waals surface area contributed by atoms with Gasteiger partial charge in [0.05, 0.1) is 18.3 Å². The van der Waals surface area contributed by atoms with E-state index >= 15 is 0 Å². The summed E-state index contributed by atoms with van der Waals surface area (Å²) in [4.78, 5) is 17.9. The van der Waals surface area contributed by atoms with E-state index in [1.165, 1.54) is 16.2 Å². The smallest absolute Gasteiger partial charge is 0.251 e. The first-order chi connectivity index (χ1) is 13.3. The minimum atomic E-state index is -0.115. The summed E-state index contributed by atoms with van der Waals surface area (Å²) in [5.41, 5.74) is 3.18. The zero-order valence-electron chi connectivity index (χ0n) is 14.8. The van der Waals surface area contributed by atoms with Crippen LogP contribution in [0.25, 0.3) is 0 Å². The molecule has 142 valence electrons. The lowest BCUT2D eigenvalue weighted by atomic mass is 10.2. The van der Waals surface area contributed by atoms with E-state index in [2.05, 4.69) is 27.8 Å². The van der Waals surface area contributed by atoms with E-state index in [4.69, 9.17) is 9.47 Å². The number of nitrogens with one attached hydrogen (secondary N) is 1. The Kier molecular flexibility index (Phi) is 7.55. The molecule has 3 aromatic rings. The van der Waals surface area contributed by atoms with Gasteiger partial charge in [0.15, 0.2) is 11.5 Å². The van der Waals surface area contributed by atoms with Gasteiger partial charge in [0.1, 0.15) is 6.61 Å². The van der Waals surface area contributed by atoms with Gasteiger partial charge in [0.25, 0.3) is 5.91 Å². The Balaban J connectivity index is 1.47. The molecule has 27 heavy (non-hydrogen) atoms. The van der Waals surface area contributed by atoms with Crippen molar-refractivity contribution in [2.24, 2.45) is 0 Å². The van der Waals surface area contributed by atoms with Crippen molar-refractivity contribution < 1.29 is 14.3 Å². The second-order valence-corrected chi connectivity index (χ2v) is 8.38. The molecule has 0 fully saturated rings. The van der Waals surface area contributed by atoms with E-state index in [1.807, 2.05) is 17.1 Å². The van der Waals surface area contributed by atoms with Gasteiger partial charge in [-0.25, -0.2) is 4.98 Å². The largest absolute Gasteiger partial charge is 0.493 e. The summed E-state index contributed by atoms with van der Waals surface area (Å²) in [5.74, 6) is 2.86. The highest BCUT2D eigenvalue weighted by atomic mass is 32.2. The maximum atomic E-state index is 12.3. The first-order valence-corrected chi connectivity index (χ1v) is 11.3. The number of aromatic nitrogens is 1. The highest BCUT2D eigenvalue weighted by Crippen LogP contribution is 2.29. The topological polar surface area (TPSA) is 60.5 Å². The van der Waals surface area contributed by atoms with Crippen molar-refractivity contribution in [3.63, 3.8) is 0 Å². The number of amides is 1. The number of nitrogens with zero attached hydrogens (tertiary/aromatic N) is 1. The Hall–Kier alpha value is -2.03. The monoisotopic (exact) mass is 420 g/mol. The maximum absolute atomic E-state index is 12.3. The maximum Gasteiger partial charge on any atom is 0.251 e. The second-order valence-electron chi connectivity index (χ2n) is 5.52. The normalized spacial score (nSPS) is 10.6. The van der Waals surface area contributed by atoms with Crippen LogP contribution in [-0.2, 0) is 12.4 Å². The molecule has 0 radical (unpaired) electrons. The molecule has 5 nitrogen and oxygen atoms in total. The number of carbonyl (C=O) groups is 1. The van der Waals surface area contributed by atoms with Gasteiger partial charge in [-0.05, 0) is 29.6 Å². The minimum absolute atomic E-state index is 0.115. The van der Waals surface area contributed by atoms with Crippen molar-refractivity contribution >= 4 is 40.3 Å². The molecule has 8 heteroatoms. The molecular weight excluding hydrogens is 400 g/mol. The molecule has 0 unspecified atom stereocenters. The van der Waals surface area contributed by atoms with Crippen molar-refractivity contribution in [3.05, 3.63) is 62.7 Å². The number of hydrogen-bond acceptors (Lipinski definition) is 7. The lowest BCUT2D eigenvalue weighted by molar-refractivity contribution is 0.0955. The Labute approximate surface area is 170 Å². The van der Waals surface area contributed by atoms with Crippen LogP contribution in [0.4, 0.5) is 0 Å². The third kappa shape index (κ3) is 5.98. The molecule has 0 aliphatic carbocycles. The highest BCUT2D eigenvalue weighted by Gasteiger charge is 2.11. The van der Waals surface area contributed by atoms with E-state index < -0.39 is 0 Å². The SMILES string of the molecule is COc1cc(C(=O)NCCSCc2cccs2)ccc1OCc1cscn1. The summed E-state index contributed by atoms with van der Waals surface area (Å²) in [7, 11) is 1.56. The Bertz CT molecular complexity index is 836. The number of thiazole rings is 1. The number of carbonyl (C=O) groups excluding carboxylic acids is 1. The van der Waals surface area contributed by atoms with Crippen molar-refractivity contribution in [1.82, 2.24) is 10.3 Å². The third-order valence-corrected chi connectivity index (χ3v) is 6.34. The van der Waals surface area contributed by atoms with Crippen LogP contribution in [-0.4, -0.2) is 30.3 Å². The number of hydrogen-bond donors (Lipinski definition) is 1. The van der Waals surface area contributed by atoms with Crippen LogP contribution in [0.1, 0.15) is 20.9 Å². The van der Waals surface area contributed by atoms with E-state index in [-0.39, 0.29) is 5.91 Å². The lowest BCUT2D eigenvalue weighted by Crippen LogP contribution is -2.25. The standard InChI is InChI=1S/C19H20N2O3S3/c1-23-18-9-14(4-5-17(18)24-10-15-11-26-13-21-15)19(22)20-6-8-25-12-16-3-2-7-27-16/h2-5,7,9,11,13H,6,8,10,12H2,1H3,(H,20,22). The van der Waals surface area contributed by atoms with Gasteiger partial charge in [0, 0.05) is 33.9 Å². The van der Waals surface area contributed by atoms with E-state index in [0.29, 0.717) is 30.2 Å². The third-order valence-electron chi connectivity index (χ3n) is 3.64. The molecule has 0 aliphatic heterocycles. The molecule has 0 aliphatic rings. The van der Waals surface area contributed by atoms with Crippen LogP contribution in [0.2, 0.25) is 0 Å². The fourth-order valence-electron chi connectivity index (χ4n) is 2.29. The molecule has 2 aromatic heterocycles. The summed E-state index contributed by atoms with van der Waals surface area (Å²) in [6.45, 7) is 0.992. The molecule has 3 rings (SSSR count). The fourth-order valence-corrected chi connectivity index (χ4v) is 4.54.